The minimum absolute atomic E-state index is 0.00639. The number of halogens is 3. The molecule has 0 radical (unpaired) electrons. The Morgan fingerprint density at radius 1 is 1.26 bits per heavy atom. The van der Waals surface area contributed by atoms with E-state index in [1.54, 1.807) is 0 Å². The summed E-state index contributed by atoms with van der Waals surface area (Å²) in [6.07, 6.45) is -4.43. The van der Waals surface area contributed by atoms with Gasteiger partial charge in [0.2, 0.25) is 5.88 Å². The predicted molar refractivity (Wildman–Crippen MR) is 60.8 cm³/mol. The van der Waals surface area contributed by atoms with Gasteiger partial charge in [0.05, 0.1) is 11.6 Å². The molecule has 0 bridgehead atoms. The van der Waals surface area contributed by atoms with Crippen LogP contribution in [0.2, 0.25) is 0 Å². The van der Waals surface area contributed by atoms with Gasteiger partial charge in [0.1, 0.15) is 5.82 Å². The lowest BCUT2D eigenvalue weighted by molar-refractivity contribution is -0.137. The van der Waals surface area contributed by atoms with E-state index in [1.165, 1.54) is 12.1 Å². The third-order valence-electron chi connectivity index (χ3n) is 2.40. The quantitative estimate of drug-likeness (QED) is 0.878. The maximum absolute atomic E-state index is 12.5. The molecule has 0 aliphatic carbocycles. The first-order valence-electron chi connectivity index (χ1n) is 5.30. The molecule has 1 heterocycles. The molecular weight excluding hydrogens is 261 g/mol. The second-order valence-corrected chi connectivity index (χ2v) is 3.93. The van der Waals surface area contributed by atoms with E-state index in [0.29, 0.717) is 5.56 Å². The molecule has 4 nitrogen and oxygen atoms in total. The summed E-state index contributed by atoms with van der Waals surface area (Å²) >= 11 is 0. The van der Waals surface area contributed by atoms with Gasteiger partial charge in [-0.2, -0.15) is 18.2 Å². The number of nitrogens with one attached hydrogen (secondary N) is 1. The average molecular weight is 270 g/mol. The highest BCUT2D eigenvalue weighted by Crippen LogP contribution is 2.29. The molecule has 7 heteroatoms. The monoisotopic (exact) mass is 270 g/mol. The van der Waals surface area contributed by atoms with E-state index in [0.717, 1.165) is 18.2 Å². The van der Waals surface area contributed by atoms with Crippen LogP contribution < -0.4 is 5.56 Å². The van der Waals surface area contributed by atoms with Gasteiger partial charge < -0.3 is 10.1 Å². The molecule has 0 saturated carbocycles. The van der Waals surface area contributed by atoms with Crippen molar-refractivity contribution in [2.75, 3.05) is 0 Å². The Bertz CT molecular complexity index is 650. The van der Waals surface area contributed by atoms with Crippen LogP contribution in [0.15, 0.2) is 35.1 Å². The van der Waals surface area contributed by atoms with Crippen molar-refractivity contribution >= 4 is 0 Å². The highest BCUT2D eigenvalue weighted by molar-refractivity contribution is 5.28. The van der Waals surface area contributed by atoms with Crippen LogP contribution in [0.1, 0.15) is 17.0 Å². The summed E-state index contributed by atoms with van der Waals surface area (Å²) in [6, 6.07) is 5.58. The summed E-state index contributed by atoms with van der Waals surface area (Å²) in [6.45, 7) is 0. The third-order valence-corrected chi connectivity index (χ3v) is 2.40. The maximum atomic E-state index is 12.5. The summed E-state index contributed by atoms with van der Waals surface area (Å²) in [5.41, 5.74) is -0.995. The minimum atomic E-state index is -4.42. The summed E-state index contributed by atoms with van der Waals surface area (Å²) in [7, 11) is 0. The van der Waals surface area contributed by atoms with Crippen LogP contribution in [-0.2, 0) is 12.6 Å². The topological polar surface area (TPSA) is 66.0 Å². The van der Waals surface area contributed by atoms with Crippen molar-refractivity contribution < 1.29 is 18.3 Å². The molecule has 0 spiro atoms. The second kappa shape index (κ2) is 4.75. The van der Waals surface area contributed by atoms with Gasteiger partial charge in [-0.15, -0.1) is 0 Å². The van der Waals surface area contributed by atoms with E-state index in [-0.39, 0.29) is 12.2 Å². The molecule has 0 aliphatic heterocycles. The number of benzene rings is 1. The fourth-order valence-corrected chi connectivity index (χ4v) is 1.63. The van der Waals surface area contributed by atoms with Crippen LogP contribution in [0.3, 0.4) is 0 Å². The molecule has 2 aromatic rings. The zero-order chi connectivity index (χ0) is 14.0. The number of hydrogen-bond acceptors (Lipinski definition) is 3. The molecule has 0 saturated heterocycles. The number of aromatic nitrogens is 2. The minimum Gasteiger partial charge on any atom is -0.493 e. The highest BCUT2D eigenvalue weighted by Gasteiger charge is 2.30. The van der Waals surface area contributed by atoms with Gasteiger partial charge in [0.25, 0.3) is 5.56 Å². The number of hydrogen-bond donors (Lipinski definition) is 2. The average Bonchev–Trinajstić information content (AvgIpc) is 2.26. The van der Waals surface area contributed by atoms with Crippen LogP contribution in [-0.4, -0.2) is 15.1 Å². The first-order chi connectivity index (χ1) is 8.84. The second-order valence-electron chi connectivity index (χ2n) is 3.93. The molecular formula is C12H9F3N2O2. The van der Waals surface area contributed by atoms with Gasteiger partial charge in [-0.05, 0) is 11.6 Å². The number of aromatic hydroxyl groups is 1. The van der Waals surface area contributed by atoms with Crippen LogP contribution >= 0.6 is 0 Å². The van der Waals surface area contributed by atoms with E-state index in [2.05, 4.69) is 9.97 Å². The number of nitrogens with zero attached hydrogens (tertiary/aromatic N) is 1. The van der Waals surface area contributed by atoms with Crippen LogP contribution in [0.25, 0.3) is 0 Å². The van der Waals surface area contributed by atoms with Crippen molar-refractivity contribution in [2.24, 2.45) is 0 Å². The molecule has 2 N–H and O–H groups in total. The van der Waals surface area contributed by atoms with Crippen molar-refractivity contribution in [3.05, 3.63) is 57.6 Å². The van der Waals surface area contributed by atoms with E-state index >= 15 is 0 Å². The van der Waals surface area contributed by atoms with Gasteiger partial charge in [-0.1, -0.05) is 18.2 Å². The fourth-order valence-electron chi connectivity index (χ4n) is 1.63. The Balaban J connectivity index is 2.31. The van der Waals surface area contributed by atoms with E-state index < -0.39 is 23.2 Å². The van der Waals surface area contributed by atoms with Crippen molar-refractivity contribution in [2.45, 2.75) is 12.6 Å². The molecule has 1 aromatic heterocycles. The lowest BCUT2D eigenvalue weighted by Crippen LogP contribution is -2.10. The van der Waals surface area contributed by atoms with Gasteiger partial charge in [-0.25, -0.2) is 0 Å². The molecule has 0 unspecified atom stereocenters. The van der Waals surface area contributed by atoms with E-state index in [4.69, 9.17) is 5.11 Å². The first kappa shape index (κ1) is 13.1. The molecule has 0 fully saturated rings. The highest BCUT2D eigenvalue weighted by atomic mass is 19.4. The van der Waals surface area contributed by atoms with Crippen molar-refractivity contribution in [3.63, 3.8) is 0 Å². The van der Waals surface area contributed by atoms with E-state index in [1.807, 2.05) is 0 Å². The predicted octanol–water partition coefficient (Wildman–Crippen LogP) is 2.09. The summed E-state index contributed by atoms with van der Waals surface area (Å²) in [5.74, 6) is -0.366. The van der Waals surface area contributed by atoms with Crippen LogP contribution in [0.5, 0.6) is 5.88 Å². The fraction of sp³-hybridized carbons (Fsp3) is 0.167. The Kier molecular flexibility index (Phi) is 3.28. The van der Waals surface area contributed by atoms with Crippen LogP contribution in [0, 0.1) is 0 Å². The van der Waals surface area contributed by atoms with Gasteiger partial charge >= 0.3 is 6.18 Å². The molecule has 0 aliphatic rings. The zero-order valence-electron chi connectivity index (χ0n) is 9.53. The molecule has 19 heavy (non-hydrogen) atoms. The molecule has 0 atom stereocenters. The Morgan fingerprint density at radius 2 is 2.00 bits per heavy atom. The number of alkyl halides is 3. The molecule has 100 valence electrons. The SMILES string of the molecule is O=c1cc(O)nc(Cc2cccc(C(F)(F)F)c2)[nH]1. The van der Waals surface area contributed by atoms with Gasteiger partial charge in [0, 0.05) is 6.42 Å². The van der Waals surface area contributed by atoms with Gasteiger partial charge in [0.15, 0.2) is 0 Å². The number of aromatic amines is 1. The normalized spacial score (nSPS) is 11.5. The lowest BCUT2D eigenvalue weighted by atomic mass is 10.1. The molecule has 2 rings (SSSR count). The smallest absolute Gasteiger partial charge is 0.416 e. The van der Waals surface area contributed by atoms with Crippen molar-refractivity contribution in [3.8, 4) is 5.88 Å². The standard InChI is InChI=1S/C12H9F3N2O2/c13-12(14,15)8-3-1-2-7(4-8)5-9-16-10(18)6-11(19)17-9/h1-4,6H,5H2,(H2,16,17,18,19). The summed E-state index contributed by atoms with van der Waals surface area (Å²) < 4.78 is 37.6. The first-order valence-corrected chi connectivity index (χ1v) is 5.30. The number of rotatable bonds is 2. The summed E-state index contributed by atoms with van der Waals surface area (Å²) in [5, 5.41) is 9.14. The number of H-pyrrole nitrogens is 1. The molecule has 1 aromatic carbocycles. The Hall–Kier alpha value is -2.31. The van der Waals surface area contributed by atoms with E-state index in [9.17, 15) is 18.0 Å². The molecule has 0 amide bonds. The van der Waals surface area contributed by atoms with Crippen molar-refractivity contribution in [1.82, 2.24) is 9.97 Å². The van der Waals surface area contributed by atoms with Gasteiger partial charge in [-0.3, -0.25) is 4.79 Å². The third kappa shape index (κ3) is 3.34. The zero-order valence-corrected chi connectivity index (χ0v) is 9.53. The summed E-state index contributed by atoms with van der Waals surface area (Å²) in [4.78, 5) is 17.1. The Morgan fingerprint density at radius 3 is 2.63 bits per heavy atom. The Labute approximate surface area is 105 Å². The largest absolute Gasteiger partial charge is 0.493 e. The van der Waals surface area contributed by atoms with Crippen molar-refractivity contribution in [1.29, 1.82) is 0 Å². The maximum Gasteiger partial charge on any atom is 0.416 e. The van der Waals surface area contributed by atoms with Crippen LogP contribution in [0.4, 0.5) is 13.2 Å². The lowest BCUT2D eigenvalue weighted by Gasteiger charge is -2.08.